The number of halogens is 3. The van der Waals surface area contributed by atoms with Crippen LogP contribution in [0.15, 0.2) is 0 Å². The van der Waals surface area contributed by atoms with Crippen LogP contribution in [0.5, 0.6) is 0 Å². The Balaban J connectivity index is 2.24. The lowest BCUT2D eigenvalue weighted by Crippen LogP contribution is -2.52. The maximum absolute atomic E-state index is 12.0. The molecule has 0 radical (unpaired) electrons. The predicted octanol–water partition coefficient (Wildman–Crippen LogP) is 1.08. The van der Waals surface area contributed by atoms with Crippen molar-refractivity contribution in [3.05, 3.63) is 0 Å². The predicted molar refractivity (Wildman–Crippen MR) is 82.0 cm³/mol. The van der Waals surface area contributed by atoms with Gasteiger partial charge < -0.3 is 15.3 Å². The number of aliphatic hydroxyl groups excluding tert-OH is 1. The van der Waals surface area contributed by atoms with Crippen LogP contribution in [0.3, 0.4) is 0 Å². The molecule has 0 saturated carbocycles. The number of carbonyl (C=O) groups is 1. The Morgan fingerprint density at radius 3 is 2.22 bits per heavy atom. The first-order chi connectivity index (χ1) is 10.5. The first kappa shape index (κ1) is 20.2. The lowest BCUT2D eigenvalue weighted by molar-refractivity contribution is -0.134. The number of β-amino-alcohol motifs (C(OH)–C–C–N with tert-alkyl or cyclic N) is 1. The van der Waals surface area contributed by atoms with Crippen molar-refractivity contribution in [3.63, 3.8) is 0 Å². The van der Waals surface area contributed by atoms with Gasteiger partial charge in [-0.05, 0) is 5.41 Å². The highest BCUT2D eigenvalue weighted by atomic mass is 19.4. The third-order valence-electron chi connectivity index (χ3n) is 4.00. The van der Waals surface area contributed by atoms with Gasteiger partial charge in [-0.3, -0.25) is 9.69 Å². The van der Waals surface area contributed by atoms with Gasteiger partial charge in [-0.25, -0.2) is 0 Å². The summed E-state index contributed by atoms with van der Waals surface area (Å²) in [6, 6.07) is 0. The van der Waals surface area contributed by atoms with Crippen LogP contribution < -0.4 is 5.32 Å². The average Bonchev–Trinajstić information content (AvgIpc) is 2.42. The fraction of sp³-hybridized carbons (Fsp3) is 0.933. The van der Waals surface area contributed by atoms with Crippen LogP contribution in [0.1, 0.15) is 27.2 Å². The molecule has 1 saturated heterocycles. The topological polar surface area (TPSA) is 55.8 Å². The molecule has 0 aromatic rings. The molecule has 2 N–H and O–H groups in total. The number of rotatable bonds is 6. The summed E-state index contributed by atoms with van der Waals surface area (Å²) in [5, 5.41) is 12.3. The molecule has 1 atom stereocenters. The molecule has 0 spiro atoms. The zero-order chi connectivity index (χ0) is 17.7. The van der Waals surface area contributed by atoms with Crippen LogP contribution in [0.4, 0.5) is 13.2 Å². The van der Waals surface area contributed by atoms with E-state index in [1.807, 2.05) is 20.8 Å². The fourth-order valence-electron chi connectivity index (χ4n) is 2.28. The van der Waals surface area contributed by atoms with Gasteiger partial charge in [0.1, 0.15) is 0 Å². The number of amides is 1. The van der Waals surface area contributed by atoms with E-state index in [9.17, 15) is 23.1 Å². The minimum absolute atomic E-state index is 0.0291. The first-order valence-electron chi connectivity index (χ1n) is 7.95. The molecule has 1 heterocycles. The van der Waals surface area contributed by atoms with Gasteiger partial charge >= 0.3 is 6.18 Å². The molecule has 1 aliphatic rings. The fourth-order valence-corrected chi connectivity index (χ4v) is 2.28. The number of aliphatic hydroxyl groups is 1. The molecule has 1 fully saturated rings. The number of hydrogen-bond acceptors (Lipinski definition) is 4. The Morgan fingerprint density at radius 1 is 1.17 bits per heavy atom. The van der Waals surface area contributed by atoms with E-state index >= 15 is 0 Å². The highest BCUT2D eigenvalue weighted by Crippen LogP contribution is 2.20. The van der Waals surface area contributed by atoms with E-state index in [-0.39, 0.29) is 24.3 Å². The number of carbonyl (C=O) groups excluding carboxylic acids is 1. The smallest absolute Gasteiger partial charge is 0.391 e. The van der Waals surface area contributed by atoms with Crippen LogP contribution in [0.25, 0.3) is 0 Å². The molecule has 0 unspecified atom stereocenters. The Kier molecular flexibility index (Phi) is 7.29. The Bertz CT molecular complexity index is 375. The van der Waals surface area contributed by atoms with Crippen LogP contribution in [0, 0.1) is 5.41 Å². The second-order valence-electron chi connectivity index (χ2n) is 7.11. The number of alkyl halides is 3. The maximum atomic E-state index is 12.0. The van der Waals surface area contributed by atoms with E-state index in [1.165, 1.54) is 0 Å². The highest BCUT2D eigenvalue weighted by molar-refractivity contribution is 5.76. The number of nitrogens with one attached hydrogen (secondary N) is 1. The highest BCUT2D eigenvalue weighted by Gasteiger charge is 2.28. The Labute approximate surface area is 135 Å². The van der Waals surface area contributed by atoms with Crippen LogP contribution in [-0.4, -0.2) is 78.9 Å². The molecule has 1 aliphatic heterocycles. The van der Waals surface area contributed by atoms with E-state index in [0.29, 0.717) is 32.7 Å². The first-order valence-corrected chi connectivity index (χ1v) is 7.95. The van der Waals surface area contributed by atoms with Gasteiger partial charge in [-0.2, -0.15) is 13.2 Å². The largest absolute Gasteiger partial charge is 0.401 e. The van der Waals surface area contributed by atoms with Crippen LogP contribution >= 0.6 is 0 Å². The zero-order valence-corrected chi connectivity index (χ0v) is 14.1. The lowest BCUT2D eigenvalue weighted by atomic mass is 9.89. The van der Waals surface area contributed by atoms with Crippen molar-refractivity contribution in [2.45, 2.75) is 39.5 Å². The van der Waals surface area contributed by atoms with Crippen molar-refractivity contribution < 1.29 is 23.1 Å². The van der Waals surface area contributed by atoms with E-state index < -0.39 is 18.8 Å². The van der Waals surface area contributed by atoms with Gasteiger partial charge in [0.05, 0.1) is 12.6 Å². The number of nitrogens with zero attached hydrogens (tertiary/aromatic N) is 2. The van der Waals surface area contributed by atoms with E-state index in [1.54, 1.807) is 4.90 Å². The van der Waals surface area contributed by atoms with Crippen LogP contribution in [-0.2, 0) is 4.79 Å². The van der Waals surface area contributed by atoms with Gasteiger partial charge in [0.2, 0.25) is 5.91 Å². The summed E-state index contributed by atoms with van der Waals surface area (Å²) in [6.45, 7) is 7.91. The summed E-state index contributed by atoms with van der Waals surface area (Å²) < 4.78 is 35.9. The molecular weight excluding hydrogens is 311 g/mol. The quantitative estimate of drug-likeness (QED) is 0.711. The molecule has 1 amide bonds. The molecule has 23 heavy (non-hydrogen) atoms. The zero-order valence-electron chi connectivity index (χ0n) is 14.1. The summed E-state index contributed by atoms with van der Waals surface area (Å²) in [4.78, 5) is 15.7. The van der Waals surface area contributed by atoms with Gasteiger partial charge in [0.25, 0.3) is 0 Å². The molecule has 5 nitrogen and oxygen atoms in total. The maximum Gasteiger partial charge on any atom is 0.401 e. The minimum atomic E-state index is -4.25. The van der Waals surface area contributed by atoms with Gasteiger partial charge in [0, 0.05) is 45.7 Å². The van der Waals surface area contributed by atoms with Crippen molar-refractivity contribution in [1.82, 2.24) is 15.1 Å². The summed E-state index contributed by atoms with van der Waals surface area (Å²) in [5.74, 6) is -0.129. The summed E-state index contributed by atoms with van der Waals surface area (Å²) in [5.41, 5.74) is -0.183. The van der Waals surface area contributed by atoms with Gasteiger partial charge in [-0.1, -0.05) is 20.8 Å². The second-order valence-corrected chi connectivity index (χ2v) is 7.11. The standard InChI is InChI=1S/C15H28F3N3O2/c1-14(2,3)12(22)10-20-6-8-21(9-7-20)13(23)4-5-19-11-15(16,17)18/h12,19,22H,4-11H2,1-3H3/t12-/m0/s1. The minimum Gasteiger partial charge on any atom is -0.391 e. The number of hydrogen-bond donors (Lipinski definition) is 2. The third kappa shape index (κ3) is 7.99. The molecule has 0 bridgehead atoms. The van der Waals surface area contributed by atoms with Crippen molar-refractivity contribution in [2.75, 3.05) is 45.8 Å². The molecule has 0 aliphatic carbocycles. The molecule has 136 valence electrons. The molecule has 0 aromatic heterocycles. The molecular formula is C15H28F3N3O2. The third-order valence-corrected chi connectivity index (χ3v) is 4.00. The Morgan fingerprint density at radius 2 is 1.74 bits per heavy atom. The van der Waals surface area contributed by atoms with Gasteiger partial charge in [0.15, 0.2) is 0 Å². The van der Waals surface area contributed by atoms with Crippen LogP contribution in [0.2, 0.25) is 0 Å². The molecule has 1 rings (SSSR count). The summed E-state index contributed by atoms with van der Waals surface area (Å²) in [6.07, 6.45) is -4.61. The second kappa shape index (κ2) is 8.30. The molecule has 8 heteroatoms. The monoisotopic (exact) mass is 339 g/mol. The number of piperazine rings is 1. The van der Waals surface area contributed by atoms with Gasteiger partial charge in [-0.15, -0.1) is 0 Å². The summed E-state index contributed by atoms with van der Waals surface area (Å²) in [7, 11) is 0. The molecule has 0 aromatic carbocycles. The van der Waals surface area contributed by atoms with Crippen molar-refractivity contribution in [1.29, 1.82) is 0 Å². The normalized spacial score (nSPS) is 19.0. The Hall–Kier alpha value is -0.860. The van der Waals surface area contributed by atoms with Crippen molar-refractivity contribution in [3.8, 4) is 0 Å². The van der Waals surface area contributed by atoms with Crippen molar-refractivity contribution >= 4 is 5.91 Å². The van der Waals surface area contributed by atoms with E-state index in [4.69, 9.17) is 0 Å². The average molecular weight is 339 g/mol. The van der Waals surface area contributed by atoms with E-state index in [2.05, 4.69) is 10.2 Å². The lowest BCUT2D eigenvalue weighted by Gasteiger charge is -2.38. The van der Waals surface area contributed by atoms with E-state index in [0.717, 1.165) is 0 Å². The SMILES string of the molecule is CC(C)(C)[C@@H](O)CN1CCN(C(=O)CCNCC(F)(F)F)CC1. The van der Waals surface area contributed by atoms with Crippen molar-refractivity contribution in [2.24, 2.45) is 5.41 Å². The summed E-state index contributed by atoms with van der Waals surface area (Å²) >= 11 is 0.